The highest BCUT2D eigenvalue weighted by Crippen LogP contribution is 2.44. The Morgan fingerprint density at radius 1 is 1.00 bits per heavy atom. The van der Waals surface area contributed by atoms with E-state index < -0.39 is 35.1 Å². The molecule has 2 aliphatic rings. The van der Waals surface area contributed by atoms with Gasteiger partial charge in [0.05, 0.1) is 28.0 Å². The number of amides is 2. The fourth-order valence-corrected chi connectivity index (χ4v) is 5.50. The highest BCUT2D eigenvalue weighted by atomic mass is 79.9. The van der Waals surface area contributed by atoms with Gasteiger partial charge in [-0.3, -0.25) is 24.5 Å². The van der Waals surface area contributed by atoms with Crippen LogP contribution in [0.15, 0.2) is 48.5 Å². The summed E-state index contributed by atoms with van der Waals surface area (Å²) in [6.45, 7) is -0.655. The zero-order valence-corrected chi connectivity index (χ0v) is 20.7. The molecule has 34 heavy (non-hydrogen) atoms. The van der Waals surface area contributed by atoms with Crippen molar-refractivity contribution in [1.82, 2.24) is 0 Å². The molecule has 0 bridgehead atoms. The van der Waals surface area contributed by atoms with E-state index in [0.29, 0.717) is 12.8 Å². The van der Waals surface area contributed by atoms with Gasteiger partial charge >= 0.3 is 5.97 Å². The first-order chi connectivity index (χ1) is 16.2. The molecule has 11 heteroatoms. The van der Waals surface area contributed by atoms with Crippen molar-refractivity contribution in [2.75, 3.05) is 11.5 Å². The number of ether oxygens (including phenoxy) is 1. The van der Waals surface area contributed by atoms with Crippen molar-refractivity contribution >= 4 is 66.8 Å². The lowest BCUT2D eigenvalue weighted by Gasteiger charge is -2.29. The third-order valence-corrected chi connectivity index (χ3v) is 8.72. The number of halogens is 2. The van der Waals surface area contributed by atoms with Crippen molar-refractivity contribution in [3.05, 3.63) is 69.8 Å². The van der Waals surface area contributed by atoms with Crippen LogP contribution in [-0.2, 0) is 14.3 Å². The largest absolute Gasteiger partial charge is 0.454 e. The fourth-order valence-electron chi connectivity index (χ4n) is 4.26. The molecule has 176 valence electrons. The van der Waals surface area contributed by atoms with Crippen LogP contribution >= 0.6 is 31.9 Å². The Bertz CT molecular complexity index is 1170. The number of anilines is 1. The molecule has 2 amide bonds. The number of hydrogen-bond donors (Lipinski definition) is 0. The molecule has 4 unspecified atom stereocenters. The average Bonchev–Trinajstić information content (AvgIpc) is 3.06. The third-order valence-electron chi connectivity index (χ3n) is 5.99. The molecule has 4 atom stereocenters. The zero-order valence-electron chi connectivity index (χ0n) is 17.6. The second kappa shape index (κ2) is 9.75. The number of alkyl halides is 2. The number of nitro benzene ring substituents is 1. The number of Topliss-reactive ketones (excluding diaryl/α,β-unsaturated/α-hetero) is 1. The number of hydrogen-bond acceptors (Lipinski definition) is 7. The number of non-ortho nitro benzene ring substituents is 1. The number of carbonyl (C=O) groups is 4. The number of imide groups is 1. The van der Waals surface area contributed by atoms with Crippen LogP contribution in [0.2, 0.25) is 0 Å². The van der Waals surface area contributed by atoms with Crippen molar-refractivity contribution in [3.63, 3.8) is 0 Å². The molecule has 4 rings (SSSR count). The second-order valence-electron chi connectivity index (χ2n) is 8.05. The molecule has 1 saturated carbocycles. The van der Waals surface area contributed by atoms with Crippen molar-refractivity contribution in [2.24, 2.45) is 11.8 Å². The van der Waals surface area contributed by atoms with Crippen LogP contribution in [-0.4, -0.2) is 44.8 Å². The predicted octanol–water partition coefficient (Wildman–Crippen LogP) is 4.06. The van der Waals surface area contributed by atoms with Gasteiger partial charge in [0.1, 0.15) is 0 Å². The van der Waals surface area contributed by atoms with Gasteiger partial charge in [0.15, 0.2) is 6.61 Å². The van der Waals surface area contributed by atoms with Crippen molar-refractivity contribution < 1.29 is 28.8 Å². The topological polar surface area (TPSA) is 124 Å². The minimum absolute atomic E-state index is 0.0258. The van der Waals surface area contributed by atoms with Gasteiger partial charge in [0.2, 0.25) is 17.6 Å². The minimum atomic E-state index is -0.887. The third kappa shape index (κ3) is 4.54. The lowest BCUT2D eigenvalue weighted by Crippen LogP contribution is -2.34. The maximum atomic E-state index is 13.1. The standard InChI is InChI=1S/C23H18Br2N2O7/c24-17-9-15-16(10-18(17)25)22(30)26(21(15)29)19-7-2-1-6-14(19)23(31)34-11-20(28)12-4-3-5-13(8-12)27(32)33/h1-8,15-18H,9-11H2. The second-order valence-corrected chi connectivity index (χ2v) is 10.4. The summed E-state index contributed by atoms with van der Waals surface area (Å²) in [5, 5.41) is 10.9. The molecule has 0 spiro atoms. The minimum Gasteiger partial charge on any atom is -0.454 e. The van der Waals surface area contributed by atoms with Gasteiger partial charge in [-0.25, -0.2) is 9.69 Å². The maximum absolute atomic E-state index is 13.1. The number of carbonyl (C=O) groups excluding carboxylic acids is 4. The molecule has 2 aromatic rings. The summed E-state index contributed by atoms with van der Waals surface area (Å²) in [6.07, 6.45) is 0.984. The van der Waals surface area contributed by atoms with E-state index in [1.54, 1.807) is 12.1 Å². The van der Waals surface area contributed by atoms with Gasteiger partial charge in [-0.2, -0.15) is 0 Å². The van der Waals surface area contributed by atoms with Crippen LogP contribution in [0.3, 0.4) is 0 Å². The molecular formula is C23H18Br2N2O7. The van der Waals surface area contributed by atoms with E-state index >= 15 is 0 Å². The molecule has 0 N–H and O–H groups in total. The molecule has 9 nitrogen and oxygen atoms in total. The van der Waals surface area contributed by atoms with Crippen LogP contribution in [0, 0.1) is 22.0 Å². The van der Waals surface area contributed by atoms with Crippen LogP contribution < -0.4 is 4.90 Å². The molecule has 0 aromatic heterocycles. The summed E-state index contributed by atoms with van der Waals surface area (Å²) in [5.41, 5.74) is -0.151. The van der Waals surface area contributed by atoms with Gasteiger partial charge in [-0.1, -0.05) is 56.1 Å². The van der Waals surface area contributed by atoms with E-state index in [9.17, 15) is 29.3 Å². The van der Waals surface area contributed by atoms with Crippen molar-refractivity contribution in [1.29, 1.82) is 0 Å². The van der Waals surface area contributed by atoms with E-state index in [0.717, 1.165) is 11.0 Å². The number of nitrogens with zero attached hydrogens (tertiary/aromatic N) is 2. The van der Waals surface area contributed by atoms with E-state index in [2.05, 4.69) is 31.9 Å². The van der Waals surface area contributed by atoms with Crippen molar-refractivity contribution in [3.8, 4) is 0 Å². The lowest BCUT2D eigenvalue weighted by atomic mass is 9.81. The van der Waals surface area contributed by atoms with Gasteiger partial charge in [0.25, 0.3) is 5.69 Å². The molecule has 1 aliphatic heterocycles. The SMILES string of the molecule is O=C(COC(=O)c1ccccc1N1C(=O)C2CC(Br)C(Br)CC2C1=O)c1cccc([N+](=O)[O-])c1. The fraction of sp³-hybridized carbons (Fsp3) is 0.304. The number of fused-ring (bicyclic) bond motifs is 1. The average molecular weight is 594 g/mol. The van der Waals surface area contributed by atoms with E-state index in [-0.39, 0.29) is 44.0 Å². The van der Waals surface area contributed by atoms with Crippen LogP contribution in [0.4, 0.5) is 11.4 Å². The van der Waals surface area contributed by atoms with Gasteiger partial charge < -0.3 is 4.74 Å². The maximum Gasteiger partial charge on any atom is 0.340 e. The smallest absolute Gasteiger partial charge is 0.340 e. The molecule has 2 aromatic carbocycles. The van der Waals surface area contributed by atoms with Gasteiger partial charge in [-0.05, 0) is 25.0 Å². The van der Waals surface area contributed by atoms with Crippen LogP contribution in [0.5, 0.6) is 0 Å². The van der Waals surface area contributed by atoms with E-state index in [1.807, 2.05) is 0 Å². The summed E-state index contributed by atoms with van der Waals surface area (Å²) in [6, 6.07) is 11.2. The van der Waals surface area contributed by atoms with E-state index in [4.69, 9.17) is 4.74 Å². The number of esters is 1. The normalized spacial score (nSPS) is 24.0. The number of benzene rings is 2. The molecule has 1 aliphatic carbocycles. The molecular weight excluding hydrogens is 576 g/mol. The highest BCUT2D eigenvalue weighted by Gasteiger charge is 2.52. The Kier molecular flexibility index (Phi) is 6.94. The molecule has 2 fully saturated rings. The number of rotatable bonds is 6. The first kappa shape index (κ1) is 24.2. The summed E-state index contributed by atoms with van der Waals surface area (Å²) in [4.78, 5) is 62.9. The number of para-hydroxylation sites is 1. The highest BCUT2D eigenvalue weighted by molar-refractivity contribution is 9.12. The summed E-state index contributed by atoms with van der Waals surface area (Å²) in [7, 11) is 0. The van der Waals surface area contributed by atoms with E-state index in [1.165, 1.54) is 30.3 Å². The Morgan fingerprint density at radius 3 is 2.24 bits per heavy atom. The Morgan fingerprint density at radius 2 is 1.62 bits per heavy atom. The Hall–Kier alpha value is -2.92. The van der Waals surface area contributed by atoms with Crippen LogP contribution in [0.1, 0.15) is 33.6 Å². The van der Waals surface area contributed by atoms with Crippen molar-refractivity contribution in [2.45, 2.75) is 22.5 Å². The van der Waals surface area contributed by atoms with Crippen LogP contribution in [0.25, 0.3) is 0 Å². The molecule has 0 radical (unpaired) electrons. The van der Waals surface area contributed by atoms with Gasteiger partial charge in [-0.15, -0.1) is 0 Å². The lowest BCUT2D eigenvalue weighted by molar-refractivity contribution is -0.384. The monoisotopic (exact) mass is 592 g/mol. The number of ketones is 1. The predicted molar refractivity (Wildman–Crippen MR) is 128 cm³/mol. The van der Waals surface area contributed by atoms with Gasteiger partial charge in [0, 0.05) is 27.4 Å². The number of nitro groups is 1. The molecule has 1 heterocycles. The zero-order chi connectivity index (χ0) is 24.6. The molecule has 1 saturated heterocycles. The Balaban J connectivity index is 1.52. The Labute approximate surface area is 210 Å². The first-order valence-electron chi connectivity index (χ1n) is 10.4. The summed E-state index contributed by atoms with van der Waals surface area (Å²) < 4.78 is 5.15. The first-order valence-corrected chi connectivity index (χ1v) is 12.2. The summed E-state index contributed by atoms with van der Waals surface area (Å²) >= 11 is 7.09. The summed E-state index contributed by atoms with van der Waals surface area (Å²) in [5.74, 6) is -3.21. The quantitative estimate of drug-likeness (QED) is 0.123.